The highest BCUT2D eigenvalue weighted by molar-refractivity contribution is 5.78. The van der Waals surface area contributed by atoms with Crippen molar-refractivity contribution in [2.45, 2.75) is 12.5 Å². The predicted octanol–water partition coefficient (Wildman–Crippen LogP) is 1.34. The molecule has 1 N–H and O–H groups in total. The fourth-order valence-corrected chi connectivity index (χ4v) is 2.43. The maximum atomic E-state index is 10.7. The second-order valence-electron chi connectivity index (χ2n) is 4.92. The Labute approximate surface area is 115 Å². The summed E-state index contributed by atoms with van der Waals surface area (Å²) in [5.41, 5.74) is 1.25. The van der Waals surface area contributed by atoms with Crippen molar-refractivity contribution in [3.8, 4) is 0 Å². The van der Waals surface area contributed by atoms with Crippen molar-refractivity contribution < 1.29 is 4.92 Å². The standard InChI is InChI=1S/C13H15N5O2/c1-17(10-4-5-14-7-10)13-8-15-12-6-9(18(19)20)2-3-11(12)16-13/h2-3,6,8,10,14H,4-5,7H2,1H3/t10-/m1/s1. The van der Waals surface area contributed by atoms with Crippen molar-refractivity contribution in [3.63, 3.8) is 0 Å². The third kappa shape index (κ3) is 2.27. The number of fused-ring (bicyclic) bond motifs is 1. The van der Waals surface area contributed by atoms with Gasteiger partial charge in [-0.1, -0.05) is 0 Å². The minimum Gasteiger partial charge on any atom is -0.354 e. The lowest BCUT2D eigenvalue weighted by molar-refractivity contribution is -0.384. The van der Waals surface area contributed by atoms with E-state index in [1.54, 1.807) is 12.3 Å². The average Bonchev–Trinajstić information content (AvgIpc) is 2.99. The molecule has 3 rings (SSSR count). The number of nitro benzene ring substituents is 1. The summed E-state index contributed by atoms with van der Waals surface area (Å²) >= 11 is 0. The van der Waals surface area contributed by atoms with Gasteiger partial charge in [0.1, 0.15) is 5.82 Å². The molecule has 1 saturated heterocycles. The van der Waals surface area contributed by atoms with Crippen LogP contribution in [-0.2, 0) is 0 Å². The number of nitro groups is 1. The molecular weight excluding hydrogens is 258 g/mol. The first-order chi connectivity index (χ1) is 9.65. The van der Waals surface area contributed by atoms with Gasteiger partial charge in [0.15, 0.2) is 0 Å². The third-order valence-corrected chi connectivity index (χ3v) is 3.67. The molecule has 7 heteroatoms. The minimum absolute atomic E-state index is 0.0351. The van der Waals surface area contributed by atoms with E-state index in [9.17, 15) is 10.1 Å². The van der Waals surface area contributed by atoms with Crippen LogP contribution in [0.3, 0.4) is 0 Å². The summed E-state index contributed by atoms with van der Waals surface area (Å²) in [6.07, 6.45) is 2.75. The van der Waals surface area contributed by atoms with Crippen LogP contribution in [0.1, 0.15) is 6.42 Å². The van der Waals surface area contributed by atoms with Crippen LogP contribution in [0.15, 0.2) is 24.4 Å². The summed E-state index contributed by atoms with van der Waals surface area (Å²) in [4.78, 5) is 21.2. The molecule has 0 saturated carbocycles. The molecule has 1 aliphatic heterocycles. The van der Waals surface area contributed by atoms with E-state index in [0.29, 0.717) is 17.1 Å². The van der Waals surface area contributed by atoms with Gasteiger partial charge in [-0.05, 0) is 19.0 Å². The zero-order chi connectivity index (χ0) is 14.1. The average molecular weight is 273 g/mol. The van der Waals surface area contributed by atoms with Crippen molar-refractivity contribution >= 4 is 22.5 Å². The summed E-state index contributed by atoms with van der Waals surface area (Å²) in [5.74, 6) is 0.792. The molecule has 0 radical (unpaired) electrons. The number of aromatic nitrogens is 2. The molecule has 0 aliphatic carbocycles. The SMILES string of the molecule is CN(c1cnc2cc([N+](=O)[O-])ccc2n1)[C@@H]1CCNC1. The third-order valence-electron chi connectivity index (χ3n) is 3.67. The molecule has 1 aromatic carbocycles. The largest absolute Gasteiger partial charge is 0.354 e. The zero-order valence-corrected chi connectivity index (χ0v) is 11.1. The fraction of sp³-hybridized carbons (Fsp3) is 0.385. The quantitative estimate of drug-likeness (QED) is 0.671. The molecule has 2 aromatic rings. The fourth-order valence-electron chi connectivity index (χ4n) is 2.43. The number of non-ortho nitro benzene ring substituents is 1. The Hall–Kier alpha value is -2.28. The van der Waals surface area contributed by atoms with E-state index in [-0.39, 0.29) is 5.69 Å². The zero-order valence-electron chi connectivity index (χ0n) is 11.1. The van der Waals surface area contributed by atoms with Crippen LogP contribution >= 0.6 is 0 Å². The van der Waals surface area contributed by atoms with Crippen molar-refractivity contribution in [1.82, 2.24) is 15.3 Å². The molecular formula is C13H15N5O2. The van der Waals surface area contributed by atoms with Crippen LogP contribution in [0.25, 0.3) is 11.0 Å². The van der Waals surface area contributed by atoms with E-state index in [0.717, 1.165) is 25.3 Å². The van der Waals surface area contributed by atoms with Crippen LogP contribution in [0.5, 0.6) is 0 Å². The Balaban J connectivity index is 1.94. The van der Waals surface area contributed by atoms with Gasteiger partial charge in [0.05, 0.1) is 22.2 Å². The lowest BCUT2D eigenvalue weighted by Crippen LogP contribution is -2.33. The van der Waals surface area contributed by atoms with Gasteiger partial charge < -0.3 is 10.2 Å². The normalized spacial score (nSPS) is 18.4. The molecule has 1 aromatic heterocycles. The van der Waals surface area contributed by atoms with Gasteiger partial charge in [0.25, 0.3) is 5.69 Å². The summed E-state index contributed by atoms with van der Waals surface area (Å²) in [6.45, 7) is 1.96. The van der Waals surface area contributed by atoms with Crippen molar-refractivity contribution in [2.75, 3.05) is 25.0 Å². The van der Waals surface area contributed by atoms with Gasteiger partial charge in [0, 0.05) is 31.8 Å². The summed E-state index contributed by atoms with van der Waals surface area (Å²) in [6, 6.07) is 4.96. The highest BCUT2D eigenvalue weighted by Gasteiger charge is 2.20. The van der Waals surface area contributed by atoms with Gasteiger partial charge >= 0.3 is 0 Å². The molecule has 0 spiro atoms. The van der Waals surface area contributed by atoms with Crippen LogP contribution in [-0.4, -0.2) is 41.1 Å². The van der Waals surface area contributed by atoms with E-state index in [1.165, 1.54) is 12.1 Å². The molecule has 7 nitrogen and oxygen atoms in total. The molecule has 0 unspecified atom stereocenters. The lowest BCUT2D eigenvalue weighted by Gasteiger charge is -2.24. The number of nitrogens with zero attached hydrogens (tertiary/aromatic N) is 4. The Morgan fingerprint density at radius 1 is 1.45 bits per heavy atom. The molecule has 1 fully saturated rings. The van der Waals surface area contributed by atoms with Crippen molar-refractivity contribution in [3.05, 3.63) is 34.5 Å². The van der Waals surface area contributed by atoms with E-state index in [2.05, 4.69) is 20.2 Å². The van der Waals surface area contributed by atoms with Gasteiger partial charge in [-0.25, -0.2) is 4.98 Å². The first-order valence-corrected chi connectivity index (χ1v) is 6.50. The number of hydrogen-bond acceptors (Lipinski definition) is 6. The molecule has 20 heavy (non-hydrogen) atoms. The van der Waals surface area contributed by atoms with Gasteiger partial charge in [-0.15, -0.1) is 0 Å². The Kier molecular flexibility index (Phi) is 3.19. The van der Waals surface area contributed by atoms with Crippen molar-refractivity contribution in [2.24, 2.45) is 0 Å². The molecule has 0 bridgehead atoms. The Bertz CT molecular complexity index is 654. The highest BCUT2D eigenvalue weighted by atomic mass is 16.6. The first kappa shape index (κ1) is 12.7. The molecule has 1 aliphatic rings. The molecule has 1 atom stereocenters. The summed E-state index contributed by atoms with van der Waals surface area (Å²) in [5, 5.41) is 14.1. The second kappa shape index (κ2) is 5.01. The number of benzene rings is 1. The van der Waals surface area contributed by atoms with Crippen LogP contribution < -0.4 is 10.2 Å². The Morgan fingerprint density at radius 3 is 3.00 bits per heavy atom. The van der Waals surface area contributed by atoms with Gasteiger partial charge in [0.2, 0.25) is 0 Å². The Morgan fingerprint density at radius 2 is 2.30 bits per heavy atom. The van der Waals surface area contributed by atoms with Crippen LogP contribution in [0, 0.1) is 10.1 Å². The summed E-state index contributed by atoms with van der Waals surface area (Å²) < 4.78 is 0. The number of likely N-dealkylation sites (N-methyl/N-ethyl adjacent to an activating group) is 1. The van der Waals surface area contributed by atoms with Gasteiger partial charge in [-0.3, -0.25) is 15.1 Å². The number of nitrogens with one attached hydrogen (secondary N) is 1. The van der Waals surface area contributed by atoms with Gasteiger partial charge in [-0.2, -0.15) is 0 Å². The van der Waals surface area contributed by atoms with E-state index in [4.69, 9.17) is 0 Å². The topological polar surface area (TPSA) is 84.2 Å². The van der Waals surface area contributed by atoms with Crippen LogP contribution in [0.2, 0.25) is 0 Å². The first-order valence-electron chi connectivity index (χ1n) is 6.50. The van der Waals surface area contributed by atoms with Crippen LogP contribution in [0.4, 0.5) is 11.5 Å². The van der Waals surface area contributed by atoms with E-state index < -0.39 is 4.92 Å². The minimum atomic E-state index is -0.425. The lowest BCUT2D eigenvalue weighted by atomic mass is 10.2. The molecule has 0 amide bonds. The number of hydrogen-bond donors (Lipinski definition) is 1. The maximum Gasteiger partial charge on any atom is 0.271 e. The summed E-state index contributed by atoms with van der Waals surface area (Å²) in [7, 11) is 2.00. The number of rotatable bonds is 3. The highest BCUT2D eigenvalue weighted by Crippen LogP contribution is 2.21. The van der Waals surface area contributed by atoms with E-state index in [1.807, 2.05) is 7.05 Å². The van der Waals surface area contributed by atoms with E-state index >= 15 is 0 Å². The molecule has 2 heterocycles. The van der Waals surface area contributed by atoms with Crippen molar-refractivity contribution in [1.29, 1.82) is 0 Å². The second-order valence-corrected chi connectivity index (χ2v) is 4.92. The monoisotopic (exact) mass is 273 g/mol. The number of anilines is 1. The molecule has 104 valence electrons. The maximum absolute atomic E-state index is 10.7. The smallest absolute Gasteiger partial charge is 0.271 e. The predicted molar refractivity (Wildman–Crippen MR) is 75.9 cm³/mol.